The Morgan fingerprint density at radius 2 is 2.00 bits per heavy atom. The quantitative estimate of drug-likeness (QED) is 0.736. The maximum atomic E-state index is 9.88. The van der Waals surface area contributed by atoms with E-state index in [2.05, 4.69) is 0 Å². The van der Waals surface area contributed by atoms with Gasteiger partial charge < -0.3 is 24.1 Å². The van der Waals surface area contributed by atoms with E-state index < -0.39 is 11.9 Å². The van der Waals surface area contributed by atoms with E-state index in [-0.39, 0.29) is 12.4 Å². The number of aliphatic hydroxyl groups excluding tert-OH is 1. The van der Waals surface area contributed by atoms with Crippen molar-refractivity contribution in [3.8, 4) is 0 Å². The van der Waals surface area contributed by atoms with Crippen LogP contribution in [0.4, 0.5) is 0 Å². The van der Waals surface area contributed by atoms with Gasteiger partial charge in [-0.1, -0.05) is 0 Å². The highest BCUT2D eigenvalue weighted by Crippen LogP contribution is 2.26. The molecule has 2 heterocycles. The van der Waals surface area contributed by atoms with Crippen LogP contribution >= 0.6 is 0 Å². The molecule has 0 aromatic rings. The van der Waals surface area contributed by atoms with Crippen LogP contribution in [0, 0.1) is 0 Å². The van der Waals surface area contributed by atoms with Gasteiger partial charge in [-0.2, -0.15) is 0 Å². The lowest BCUT2D eigenvalue weighted by Crippen LogP contribution is -2.33. The zero-order chi connectivity index (χ0) is 10.9. The number of hydrogen-bond acceptors (Lipinski definition) is 5. The molecule has 1 N–H and O–H groups in total. The lowest BCUT2D eigenvalue weighted by molar-refractivity contribution is -0.159. The van der Waals surface area contributed by atoms with Gasteiger partial charge in [0.2, 0.25) is 0 Å². The molecule has 15 heavy (non-hydrogen) atoms. The SMILES string of the molecule is CC1(C)OC[C@@H](C(O)CC2OCCO2)O1. The van der Waals surface area contributed by atoms with Crippen LogP contribution in [-0.2, 0) is 18.9 Å². The van der Waals surface area contributed by atoms with Gasteiger partial charge in [0.05, 0.1) is 25.9 Å². The van der Waals surface area contributed by atoms with Crippen molar-refractivity contribution in [3.63, 3.8) is 0 Å². The smallest absolute Gasteiger partial charge is 0.163 e. The van der Waals surface area contributed by atoms with Crippen LogP contribution in [0.2, 0.25) is 0 Å². The minimum absolute atomic E-state index is 0.284. The van der Waals surface area contributed by atoms with Gasteiger partial charge in [0.1, 0.15) is 6.10 Å². The number of rotatable bonds is 3. The molecule has 2 fully saturated rings. The molecule has 88 valence electrons. The highest BCUT2D eigenvalue weighted by atomic mass is 16.7. The molecule has 0 spiro atoms. The van der Waals surface area contributed by atoms with Gasteiger partial charge in [-0.3, -0.25) is 0 Å². The minimum Gasteiger partial charge on any atom is -0.390 e. The Hall–Kier alpha value is -0.200. The van der Waals surface area contributed by atoms with E-state index in [4.69, 9.17) is 18.9 Å². The second kappa shape index (κ2) is 4.35. The first-order chi connectivity index (χ1) is 7.07. The molecule has 0 saturated carbocycles. The molecule has 2 saturated heterocycles. The average molecular weight is 218 g/mol. The van der Waals surface area contributed by atoms with Gasteiger partial charge >= 0.3 is 0 Å². The Morgan fingerprint density at radius 1 is 1.33 bits per heavy atom. The first-order valence-electron chi connectivity index (χ1n) is 5.30. The molecule has 0 amide bonds. The molecule has 2 aliphatic heterocycles. The third-order valence-corrected chi connectivity index (χ3v) is 2.58. The summed E-state index contributed by atoms with van der Waals surface area (Å²) < 4.78 is 21.4. The molecular formula is C10H18O5. The molecule has 0 aromatic heterocycles. The number of hydrogen-bond donors (Lipinski definition) is 1. The molecule has 1 unspecified atom stereocenters. The van der Waals surface area contributed by atoms with Crippen LogP contribution in [0.1, 0.15) is 20.3 Å². The largest absolute Gasteiger partial charge is 0.390 e. The first-order valence-corrected chi connectivity index (χ1v) is 5.30. The third-order valence-electron chi connectivity index (χ3n) is 2.58. The Morgan fingerprint density at radius 3 is 2.53 bits per heavy atom. The number of ether oxygens (including phenoxy) is 4. The van der Waals surface area contributed by atoms with Crippen LogP contribution in [0.3, 0.4) is 0 Å². The molecule has 0 radical (unpaired) electrons. The summed E-state index contributed by atoms with van der Waals surface area (Å²) in [5.41, 5.74) is 0. The molecule has 5 heteroatoms. The van der Waals surface area contributed by atoms with Crippen molar-refractivity contribution < 1.29 is 24.1 Å². The maximum absolute atomic E-state index is 9.88. The summed E-state index contributed by atoms with van der Waals surface area (Å²) in [6, 6.07) is 0. The van der Waals surface area contributed by atoms with Crippen LogP contribution in [0.15, 0.2) is 0 Å². The molecule has 0 aliphatic carbocycles. The topological polar surface area (TPSA) is 57.2 Å². The Kier molecular flexibility index (Phi) is 3.27. The van der Waals surface area contributed by atoms with Crippen molar-refractivity contribution in [1.29, 1.82) is 0 Å². The number of aliphatic hydroxyl groups is 1. The summed E-state index contributed by atoms with van der Waals surface area (Å²) >= 11 is 0. The standard InChI is InChI=1S/C10H18O5/c1-10(2)14-6-8(15-10)7(11)5-9-12-3-4-13-9/h7-9,11H,3-6H2,1-2H3/t7?,8-/m0/s1. The van der Waals surface area contributed by atoms with Gasteiger partial charge in [-0.25, -0.2) is 0 Å². The van der Waals surface area contributed by atoms with Gasteiger partial charge in [0, 0.05) is 6.42 Å². The molecule has 0 aromatic carbocycles. The van der Waals surface area contributed by atoms with Crippen LogP contribution < -0.4 is 0 Å². The summed E-state index contributed by atoms with van der Waals surface area (Å²) in [5, 5.41) is 9.88. The van der Waals surface area contributed by atoms with E-state index in [1.54, 1.807) is 0 Å². The summed E-state index contributed by atoms with van der Waals surface area (Å²) in [6.07, 6.45) is -0.751. The highest BCUT2D eigenvalue weighted by Gasteiger charge is 2.38. The first kappa shape index (κ1) is 11.3. The molecule has 0 bridgehead atoms. The van der Waals surface area contributed by atoms with Crippen LogP contribution in [0.5, 0.6) is 0 Å². The Labute approximate surface area is 89.3 Å². The van der Waals surface area contributed by atoms with E-state index in [9.17, 15) is 5.11 Å². The predicted molar refractivity (Wildman–Crippen MR) is 51.2 cm³/mol. The van der Waals surface area contributed by atoms with E-state index in [1.165, 1.54) is 0 Å². The maximum Gasteiger partial charge on any atom is 0.163 e. The predicted octanol–water partition coefficient (Wildman–Crippen LogP) is 0.262. The molecule has 5 nitrogen and oxygen atoms in total. The fourth-order valence-electron chi connectivity index (χ4n) is 1.80. The van der Waals surface area contributed by atoms with Crippen molar-refractivity contribution in [1.82, 2.24) is 0 Å². The van der Waals surface area contributed by atoms with E-state index >= 15 is 0 Å². The molecule has 2 atom stereocenters. The second-order valence-corrected chi connectivity index (χ2v) is 4.34. The normalized spacial score (nSPS) is 33.4. The van der Waals surface area contributed by atoms with Crippen molar-refractivity contribution >= 4 is 0 Å². The van der Waals surface area contributed by atoms with Crippen molar-refractivity contribution in [2.75, 3.05) is 19.8 Å². The van der Waals surface area contributed by atoms with E-state index in [0.717, 1.165) is 0 Å². The monoisotopic (exact) mass is 218 g/mol. The summed E-state index contributed by atoms with van der Waals surface area (Å²) in [7, 11) is 0. The third kappa shape index (κ3) is 2.89. The van der Waals surface area contributed by atoms with Gasteiger partial charge in [-0.05, 0) is 13.8 Å². The zero-order valence-corrected chi connectivity index (χ0v) is 9.14. The van der Waals surface area contributed by atoms with Crippen LogP contribution in [-0.4, -0.2) is 49.2 Å². The molecule has 2 aliphatic rings. The molecule has 2 rings (SSSR count). The van der Waals surface area contributed by atoms with Gasteiger partial charge in [0.15, 0.2) is 12.1 Å². The molecular weight excluding hydrogens is 200 g/mol. The Balaban J connectivity index is 1.78. The average Bonchev–Trinajstić information content (AvgIpc) is 2.74. The summed E-state index contributed by atoms with van der Waals surface area (Å²) in [4.78, 5) is 0. The summed E-state index contributed by atoms with van der Waals surface area (Å²) in [5.74, 6) is -0.594. The van der Waals surface area contributed by atoms with E-state index in [0.29, 0.717) is 26.2 Å². The Bertz CT molecular complexity index is 212. The van der Waals surface area contributed by atoms with Crippen molar-refractivity contribution in [2.45, 2.75) is 44.6 Å². The van der Waals surface area contributed by atoms with Crippen molar-refractivity contribution in [3.05, 3.63) is 0 Å². The van der Waals surface area contributed by atoms with Crippen molar-refractivity contribution in [2.24, 2.45) is 0 Å². The van der Waals surface area contributed by atoms with E-state index in [1.807, 2.05) is 13.8 Å². The van der Waals surface area contributed by atoms with Gasteiger partial charge in [0.25, 0.3) is 0 Å². The zero-order valence-electron chi connectivity index (χ0n) is 9.14. The lowest BCUT2D eigenvalue weighted by Gasteiger charge is -2.21. The fraction of sp³-hybridized carbons (Fsp3) is 1.00. The fourth-order valence-corrected chi connectivity index (χ4v) is 1.80. The summed E-state index contributed by atoms with van der Waals surface area (Å²) in [6.45, 7) is 5.29. The van der Waals surface area contributed by atoms with Gasteiger partial charge in [-0.15, -0.1) is 0 Å². The highest BCUT2D eigenvalue weighted by molar-refractivity contribution is 4.78. The lowest BCUT2D eigenvalue weighted by atomic mass is 10.1. The second-order valence-electron chi connectivity index (χ2n) is 4.34. The minimum atomic E-state index is -0.602. The van der Waals surface area contributed by atoms with Crippen LogP contribution in [0.25, 0.3) is 0 Å².